The van der Waals surface area contributed by atoms with E-state index < -0.39 is 0 Å². The monoisotopic (exact) mass is 250 g/mol. The topological polar surface area (TPSA) is 71.3 Å². The van der Waals surface area contributed by atoms with Gasteiger partial charge < -0.3 is 14.2 Å². The minimum Gasteiger partial charge on any atom is -0.481 e. The number of nitrogens with zero attached hydrogens (tertiary/aromatic N) is 4. The average Bonchev–Trinajstić information content (AvgIpc) is 2.91. The lowest BCUT2D eigenvalue weighted by atomic mass is 10.6. The van der Waals surface area contributed by atoms with Gasteiger partial charge in [-0.1, -0.05) is 0 Å². The second kappa shape index (κ2) is 5.85. The van der Waals surface area contributed by atoms with E-state index in [4.69, 9.17) is 14.2 Å². The first kappa shape index (κ1) is 12.2. The highest BCUT2D eigenvalue weighted by molar-refractivity contribution is 5.22. The maximum Gasteiger partial charge on any atom is 0.323 e. The van der Waals surface area contributed by atoms with E-state index in [2.05, 4.69) is 15.1 Å². The van der Waals surface area contributed by atoms with Crippen LogP contribution in [-0.2, 0) is 6.54 Å². The third kappa shape index (κ3) is 3.09. The van der Waals surface area contributed by atoms with Crippen molar-refractivity contribution in [2.45, 2.75) is 6.54 Å². The van der Waals surface area contributed by atoms with Crippen molar-refractivity contribution in [1.82, 2.24) is 19.7 Å². The van der Waals surface area contributed by atoms with Crippen molar-refractivity contribution in [3.05, 3.63) is 24.5 Å². The minimum atomic E-state index is 0.221. The van der Waals surface area contributed by atoms with Crippen LogP contribution in [0.25, 0.3) is 0 Å². The first-order chi connectivity index (χ1) is 8.81. The van der Waals surface area contributed by atoms with Gasteiger partial charge in [0.15, 0.2) is 0 Å². The van der Waals surface area contributed by atoms with E-state index >= 15 is 0 Å². The SMILES string of the molecule is COc1cc(OC)nc(OCCn2cccn2)n1. The Bertz CT molecular complexity index is 465. The zero-order valence-corrected chi connectivity index (χ0v) is 10.2. The van der Waals surface area contributed by atoms with E-state index in [0.717, 1.165) is 0 Å². The van der Waals surface area contributed by atoms with Crippen molar-refractivity contribution in [3.8, 4) is 17.8 Å². The molecule has 0 aliphatic heterocycles. The van der Waals surface area contributed by atoms with Crippen molar-refractivity contribution in [2.24, 2.45) is 0 Å². The molecule has 0 atom stereocenters. The van der Waals surface area contributed by atoms with Crippen LogP contribution >= 0.6 is 0 Å². The van der Waals surface area contributed by atoms with E-state index in [0.29, 0.717) is 24.9 Å². The first-order valence-corrected chi connectivity index (χ1v) is 5.39. The molecule has 0 aliphatic rings. The Kier molecular flexibility index (Phi) is 3.95. The molecule has 0 saturated carbocycles. The van der Waals surface area contributed by atoms with Gasteiger partial charge in [-0.05, 0) is 6.07 Å². The molecule has 2 aromatic rings. The molecule has 0 amide bonds. The van der Waals surface area contributed by atoms with Gasteiger partial charge in [0, 0.05) is 12.4 Å². The van der Waals surface area contributed by atoms with Gasteiger partial charge in [0.2, 0.25) is 11.8 Å². The molecule has 0 aromatic carbocycles. The Morgan fingerprint density at radius 3 is 2.44 bits per heavy atom. The first-order valence-electron chi connectivity index (χ1n) is 5.39. The molecule has 7 heteroatoms. The van der Waals surface area contributed by atoms with Gasteiger partial charge in [-0.2, -0.15) is 15.1 Å². The van der Waals surface area contributed by atoms with Gasteiger partial charge in [0.1, 0.15) is 6.61 Å². The minimum absolute atomic E-state index is 0.221. The molecule has 2 heterocycles. The average molecular weight is 250 g/mol. The molecular formula is C11H14N4O3. The van der Waals surface area contributed by atoms with Gasteiger partial charge in [0.25, 0.3) is 0 Å². The van der Waals surface area contributed by atoms with Crippen molar-refractivity contribution >= 4 is 0 Å². The maximum absolute atomic E-state index is 5.42. The van der Waals surface area contributed by atoms with E-state index in [9.17, 15) is 0 Å². The van der Waals surface area contributed by atoms with Crippen LogP contribution < -0.4 is 14.2 Å². The van der Waals surface area contributed by atoms with E-state index in [-0.39, 0.29) is 6.01 Å². The molecule has 0 N–H and O–H groups in total. The van der Waals surface area contributed by atoms with Gasteiger partial charge in [-0.15, -0.1) is 0 Å². The van der Waals surface area contributed by atoms with Gasteiger partial charge in [0.05, 0.1) is 26.8 Å². The highest BCUT2D eigenvalue weighted by Crippen LogP contribution is 2.18. The molecule has 18 heavy (non-hydrogen) atoms. The molecule has 0 radical (unpaired) electrons. The summed E-state index contributed by atoms with van der Waals surface area (Å²) in [6, 6.07) is 3.66. The third-order valence-electron chi connectivity index (χ3n) is 2.19. The molecule has 7 nitrogen and oxygen atoms in total. The summed E-state index contributed by atoms with van der Waals surface area (Å²) >= 11 is 0. The van der Waals surface area contributed by atoms with Crippen LogP contribution in [0.5, 0.6) is 17.8 Å². The van der Waals surface area contributed by atoms with E-state index in [1.165, 1.54) is 14.2 Å². The lowest BCUT2D eigenvalue weighted by molar-refractivity contribution is 0.258. The van der Waals surface area contributed by atoms with Crippen LogP contribution in [-0.4, -0.2) is 40.6 Å². The molecule has 0 unspecified atom stereocenters. The number of hydrogen-bond acceptors (Lipinski definition) is 6. The summed E-state index contributed by atoms with van der Waals surface area (Å²) in [6.07, 6.45) is 3.57. The lowest BCUT2D eigenvalue weighted by Crippen LogP contribution is -2.10. The van der Waals surface area contributed by atoms with E-state index in [1.54, 1.807) is 16.9 Å². The Hall–Kier alpha value is -2.31. The highest BCUT2D eigenvalue weighted by Gasteiger charge is 2.06. The normalized spacial score (nSPS) is 10.1. The van der Waals surface area contributed by atoms with Crippen molar-refractivity contribution < 1.29 is 14.2 Å². The molecule has 0 bridgehead atoms. The smallest absolute Gasteiger partial charge is 0.323 e. The van der Waals surface area contributed by atoms with Crippen molar-refractivity contribution in [2.75, 3.05) is 20.8 Å². The molecule has 0 aliphatic carbocycles. The molecule has 2 aromatic heterocycles. The second-order valence-corrected chi connectivity index (χ2v) is 3.35. The summed E-state index contributed by atoms with van der Waals surface area (Å²) in [5, 5.41) is 4.06. The summed E-state index contributed by atoms with van der Waals surface area (Å²) in [4.78, 5) is 8.11. The fraction of sp³-hybridized carbons (Fsp3) is 0.364. The molecule has 0 spiro atoms. The van der Waals surface area contributed by atoms with Crippen LogP contribution in [0.1, 0.15) is 0 Å². The number of aromatic nitrogens is 4. The predicted octanol–water partition coefficient (Wildman–Crippen LogP) is 0.769. The number of hydrogen-bond donors (Lipinski definition) is 0. The van der Waals surface area contributed by atoms with E-state index in [1.807, 2.05) is 12.3 Å². The van der Waals surface area contributed by atoms with Crippen LogP contribution in [0, 0.1) is 0 Å². The summed E-state index contributed by atoms with van der Waals surface area (Å²) in [5.41, 5.74) is 0. The number of ether oxygens (including phenoxy) is 3. The zero-order valence-electron chi connectivity index (χ0n) is 10.2. The second-order valence-electron chi connectivity index (χ2n) is 3.35. The van der Waals surface area contributed by atoms with Crippen molar-refractivity contribution in [3.63, 3.8) is 0 Å². The Morgan fingerprint density at radius 1 is 1.17 bits per heavy atom. The van der Waals surface area contributed by atoms with Crippen LogP contribution in [0.15, 0.2) is 24.5 Å². The van der Waals surface area contributed by atoms with Gasteiger partial charge >= 0.3 is 6.01 Å². The van der Waals surface area contributed by atoms with Crippen LogP contribution in [0.2, 0.25) is 0 Å². The third-order valence-corrected chi connectivity index (χ3v) is 2.19. The molecule has 2 rings (SSSR count). The molecular weight excluding hydrogens is 236 g/mol. The predicted molar refractivity (Wildman–Crippen MR) is 62.9 cm³/mol. The lowest BCUT2D eigenvalue weighted by Gasteiger charge is -2.07. The standard InChI is InChI=1S/C11H14N4O3/c1-16-9-8-10(17-2)14-11(13-9)18-7-6-15-5-3-4-12-15/h3-5,8H,6-7H2,1-2H3. The maximum atomic E-state index is 5.42. The summed E-state index contributed by atoms with van der Waals surface area (Å²) in [6.45, 7) is 1.04. The quantitative estimate of drug-likeness (QED) is 0.754. The number of rotatable bonds is 6. The molecule has 0 fully saturated rings. The molecule has 0 saturated heterocycles. The largest absolute Gasteiger partial charge is 0.481 e. The van der Waals surface area contributed by atoms with Gasteiger partial charge in [-0.25, -0.2) is 0 Å². The van der Waals surface area contributed by atoms with Crippen LogP contribution in [0.3, 0.4) is 0 Å². The van der Waals surface area contributed by atoms with Gasteiger partial charge in [-0.3, -0.25) is 4.68 Å². The fourth-order valence-corrected chi connectivity index (χ4v) is 1.32. The molecule has 96 valence electrons. The summed E-state index contributed by atoms with van der Waals surface area (Å²) in [7, 11) is 3.05. The summed E-state index contributed by atoms with van der Waals surface area (Å²) < 4.78 is 17.2. The Morgan fingerprint density at radius 2 is 1.89 bits per heavy atom. The van der Waals surface area contributed by atoms with Crippen molar-refractivity contribution in [1.29, 1.82) is 0 Å². The zero-order chi connectivity index (χ0) is 12.8. The highest BCUT2D eigenvalue weighted by atomic mass is 16.5. The Labute approximate surface area is 104 Å². The Balaban J connectivity index is 1.95. The summed E-state index contributed by atoms with van der Waals surface area (Å²) in [5.74, 6) is 0.798. The van der Waals surface area contributed by atoms with Crippen LogP contribution in [0.4, 0.5) is 0 Å². The fourth-order valence-electron chi connectivity index (χ4n) is 1.32. The number of methoxy groups -OCH3 is 2.